The van der Waals surface area contributed by atoms with Gasteiger partial charge in [0, 0.05) is 0 Å². The monoisotopic (exact) mass is 508 g/mol. The van der Waals surface area contributed by atoms with Crippen molar-refractivity contribution in [2.45, 2.75) is 23.8 Å². The van der Waals surface area contributed by atoms with Crippen molar-refractivity contribution in [1.29, 1.82) is 0 Å². The minimum atomic E-state index is -2.32. The van der Waals surface area contributed by atoms with Gasteiger partial charge in [-0.15, -0.1) is 23.2 Å². The molecule has 2 aliphatic carbocycles. The molecule has 35 heavy (non-hydrogen) atoms. The van der Waals surface area contributed by atoms with Crippen LogP contribution in [0.2, 0.25) is 13.1 Å². The van der Waals surface area contributed by atoms with Gasteiger partial charge < -0.3 is 0 Å². The summed E-state index contributed by atoms with van der Waals surface area (Å²) in [4.78, 5) is 0. The summed E-state index contributed by atoms with van der Waals surface area (Å²) in [6.07, 6.45) is 0. The SMILES string of the molecule is C[Si](C)(C1=C(c2ccccc2)C(Cl)c2ccccc21)C1=C(c2ccccc2)C(Cl)c2ccccc21. The lowest BCUT2D eigenvalue weighted by molar-refractivity contribution is 1.26. The lowest BCUT2D eigenvalue weighted by atomic mass is 10.0. The number of halogens is 2. The molecule has 2 aliphatic rings. The molecule has 0 amide bonds. The predicted molar refractivity (Wildman–Crippen MR) is 154 cm³/mol. The molecule has 0 bridgehead atoms. The lowest BCUT2D eigenvalue weighted by Gasteiger charge is -2.31. The predicted octanol–water partition coefficient (Wildman–Crippen LogP) is 9.58. The number of hydrogen-bond donors (Lipinski definition) is 0. The molecule has 4 aromatic carbocycles. The lowest BCUT2D eigenvalue weighted by Crippen LogP contribution is -2.31. The number of rotatable bonds is 4. The Morgan fingerprint density at radius 2 is 0.829 bits per heavy atom. The van der Waals surface area contributed by atoms with Crippen LogP contribution in [0, 0.1) is 0 Å². The second-order valence-corrected chi connectivity index (χ2v) is 15.0. The van der Waals surface area contributed by atoms with Crippen molar-refractivity contribution < 1.29 is 0 Å². The van der Waals surface area contributed by atoms with Crippen molar-refractivity contribution in [3.05, 3.63) is 143 Å². The molecule has 6 rings (SSSR count). The zero-order chi connectivity index (χ0) is 24.2. The van der Waals surface area contributed by atoms with E-state index < -0.39 is 8.07 Å². The molecular formula is C32H26Cl2Si. The van der Waals surface area contributed by atoms with Gasteiger partial charge in [0.25, 0.3) is 0 Å². The summed E-state index contributed by atoms with van der Waals surface area (Å²) in [7, 11) is -2.32. The maximum absolute atomic E-state index is 7.26. The van der Waals surface area contributed by atoms with Crippen molar-refractivity contribution in [3.8, 4) is 0 Å². The van der Waals surface area contributed by atoms with E-state index in [0.717, 1.165) is 0 Å². The molecule has 4 aromatic rings. The molecule has 2 atom stereocenters. The molecule has 0 nitrogen and oxygen atoms in total. The summed E-state index contributed by atoms with van der Waals surface area (Å²) in [5.74, 6) is 0. The molecule has 0 saturated heterocycles. The number of allylic oxidation sites excluding steroid dienone is 2. The Morgan fingerprint density at radius 3 is 1.23 bits per heavy atom. The van der Waals surface area contributed by atoms with Crippen LogP contribution >= 0.6 is 23.2 Å². The van der Waals surface area contributed by atoms with Gasteiger partial charge in [0.05, 0.1) is 10.8 Å². The number of benzene rings is 4. The highest BCUT2D eigenvalue weighted by Gasteiger charge is 2.46. The summed E-state index contributed by atoms with van der Waals surface area (Å²) < 4.78 is 0. The fourth-order valence-electron chi connectivity index (χ4n) is 6.03. The number of alkyl halides is 2. The van der Waals surface area contributed by atoms with E-state index >= 15 is 0 Å². The van der Waals surface area contributed by atoms with Crippen LogP contribution in [0.4, 0.5) is 0 Å². The highest BCUT2D eigenvalue weighted by Crippen LogP contribution is 2.59. The molecule has 172 valence electrons. The topological polar surface area (TPSA) is 0 Å². The van der Waals surface area contributed by atoms with Gasteiger partial charge in [-0.3, -0.25) is 0 Å². The van der Waals surface area contributed by atoms with Crippen LogP contribution in [0.15, 0.2) is 109 Å². The van der Waals surface area contributed by atoms with Crippen molar-refractivity contribution in [1.82, 2.24) is 0 Å². The van der Waals surface area contributed by atoms with E-state index in [1.165, 1.54) is 54.9 Å². The van der Waals surface area contributed by atoms with Crippen LogP contribution in [0.5, 0.6) is 0 Å². The highest BCUT2D eigenvalue weighted by molar-refractivity contribution is 7.11. The smallest absolute Gasteiger partial charge is 0.113 e. The van der Waals surface area contributed by atoms with Gasteiger partial charge >= 0.3 is 0 Å². The van der Waals surface area contributed by atoms with Gasteiger partial charge in [0.1, 0.15) is 8.07 Å². The van der Waals surface area contributed by atoms with Crippen LogP contribution in [0.25, 0.3) is 21.5 Å². The van der Waals surface area contributed by atoms with E-state index in [0.29, 0.717) is 0 Å². The normalized spacial score (nSPS) is 19.2. The molecule has 0 aromatic heterocycles. The van der Waals surface area contributed by atoms with Crippen LogP contribution in [0.3, 0.4) is 0 Å². The Hall–Kier alpha value is -2.84. The average molecular weight is 510 g/mol. The van der Waals surface area contributed by atoms with E-state index in [2.05, 4.69) is 122 Å². The van der Waals surface area contributed by atoms with E-state index in [1.807, 2.05) is 0 Å². The van der Waals surface area contributed by atoms with Crippen LogP contribution < -0.4 is 0 Å². The molecule has 0 saturated carbocycles. The van der Waals surface area contributed by atoms with E-state index in [-0.39, 0.29) is 10.8 Å². The third-order valence-corrected chi connectivity index (χ3v) is 12.0. The number of hydrogen-bond acceptors (Lipinski definition) is 0. The first-order valence-electron chi connectivity index (χ1n) is 12.1. The molecule has 0 aliphatic heterocycles. The maximum atomic E-state index is 7.26. The first-order chi connectivity index (χ1) is 17.0. The Balaban J connectivity index is 1.69. The third kappa shape index (κ3) is 3.49. The minimum Gasteiger partial charge on any atom is -0.113 e. The fourth-order valence-corrected chi connectivity index (χ4v) is 11.0. The first-order valence-corrected chi connectivity index (χ1v) is 15.9. The Bertz CT molecular complexity index is 1370. The first kappa shape index (κ1) is 22.6. The Morgan fingerprint density at radius 1 is 0.486 bits per heavy atom. The zero-order valence-corrected chi connectivity index (χ0v) is 22.3. The van der Waals surface area contributed by atoms with Gasteiger partial charge in [0.15, 0.2) is 0 Å². The molecule has 0 heterocycles. The summed E-state index contributed by atoms with van der Waals surface area (Å²) in [6, 6.07) is 38.7. The molecule has 0 radical (unpaired) electrons. The average Bonchev–Trinajstić information content (AvgIpc) is 3.38. The standard InChI is InChI=1S/C32H26Cl2Si/c1-35(2,31-25-19-11-9-17-23(25)29(33)27(31)21-13-5-3-6-14-21)32-26-20-12-10-18-24(26)30(34)28(32)22-15-7-4-8-16-22/h3-20,29-30H,1-2H3. The second kappa shape index (κ2) is 8.67. The molecular weight excluding hydrogens is 483 g/mol. The Labute approximate surface area is 218 Å². The quantitative estimate of drug-likeness (QED) is 0.190. The van der Waals surface area contributed by atoms with E-state index in [4.69, 9.17) is 23.2 Å². The van der Waals surface area contributed by atoms with E-state index in [9.17, 15) is 0 Å². The number of fused-ring (bicyclic) bond motifs is 2. The largest absolute Gasteiger partial charge is 0.114 e. The van der Waals surface area contributed by atoms with Gasteiger partial charge in [-0.05, 0) is 54.9 Å². The summed E-state index contributed by atoms with van der Waals surface area (Å²) in [5.41, 5.74) is 9.90. The van der Waals surface area contributed by atoms with E-state index in [1.54, 1.807) is 0 Å². The molecule has 2 unspecified atom stereocenters. The third-order valence-electron chi connectivity index (χ3n) is 7.47. The van der Waals surface area contributed by atoms with Gasteiger partial charge in [-0.2, -0.15) is 0 Å². The second-order valence-electron chi connectivity index (χ2n) is 9.83. The fraction of sp³-hybridized carbons (Fsp3) is 0.125. The summed E-state index contributed by atoms with van der Waals surface area (Å²) in [6.45, 7) is 4.95. The highest BCUT2D eigenvalue weighted by atomic mass is 35.5. The van der Waals surface area contributed by atoms with Gasteiger partial charge in [-0.1, -0.05) is 122 Å². The molecule has 3 heteroatoms. The minimum absolute atomic E-state index is 0.167. The van der Waals surface area contributed by atoms with Crippen molar-refractivity contribution in [2.75, 3.05) is 0 Å². The zero-order valence-electron chi connectivity index (χ0n) is 19.8. The van der Waals surface area contributed by atoms with Gasteiger partial charge in [0.2, 0.25) is 0 Å². The van der Waals surface area contributed by atoms with Crippen molar-refractivity contribution in [2.24, 2.45) is 0 Å². The molecule has 0 N–H and O–H groups in total. The summed E-state index contributed by atoms with van der Waals surface area (Å²) >= 11 is 14.5. The van der Waals surface area contributed by atoms with Crippen molar-refractivity contribution in [3.63, 3.8) is 0 Å². The van der Waals surface area contributed by atoms with Gasteiger partial charge in [-0.25, -0.2) is 0 Å². The van der Waals surface area contributed by atoms with Crippen molar-refractivity contribution >= 4 is 52.8 Å². The Kier molecular flexibility index (Phi) is 5.60. The van der Waals surface area contributed by atoms with Crippen LogP contribution in [0.1, 0.15) is 44.1 Å². The maximum Gasteiger partial charge on any atom is 0.114 e. The van der Waals surface area contributed by atoms with Crippen LogP contribution in [-0.4, -0.2) is 8.07 Å². The van der Waals surface area contributed by atoms with Crippen LogP contribution in [-0.2, 0) is 0 Å². The molecule has 0 fully saturated rings. The summed E-state index contributed by atoms with van der Waals surface area (Å²) in [5, 5.41) is 2.51. The molecule has 0 spiro atoms.